The first-order valence-electron chi connectivity index (χ1n) is 8.69. The van der Waals surface area contributed by atoms with Crippen LogP contribution >= 0.6 is 0 Å². The van der Waals surface area contributed by atoms with E-state index in [1.807, 2.05) is 0 Å². The maximum absolute atomic E-state index is 12.6. The first kappa shape index (κ1) is 18.2. The van der Waals surface area contributed by atoms with Crippen molar-refractivity contribution in [2.75, 3.05) is 11.3 Å². The number of nitrogens with one attached hydrogen (secondary N) is 2. The minimum Gasteiger partial charge on any atom is -0.348 e. The smallest absolute Gasteiger partial charge is 0.261 e. The molecule has 1 aliphatic rings. The molecule has 6 heteroatoms. The van der Waals surface area contributed by atoms with Crippen LogP contribution in [-0.2, 0) is 10.0 Å². The van der Waals surface area contributed by atoms with Crippen LogP contribution < -0.4 is 10.0 Å². The van der Waals surface area contributed by atoms with E-state index >= 15 is 0 Å². The number of hydrogen-bond donors (Lipinski definition) is 2. The first-order valence-corrected chi connectivity index (χ1v) is 10.2. The van der Waals surface area contributed by atoms with Crippen molar-refractivity contribution < 1.29 is 13.2 Å². The summed E-state index contributed by atoms with van der Waals surface area (Å²) in [5, 5.41) is 2.89. The van der Waals surface area contributed by atoms with Gasteiger partial charge >= 0.3 is 0 Å². The van der Waals surface area contributed by atoms with Gasteiger partial charge in [-0.15, -0.1) is 0 Å². The first-order chi connectivity index (χ1) is 12.6. The van der Waals surface area contributed by atoms with E-state index in [9.17, 15) is 13.2 Å². The molecule has 2 N–H and O–H groups in total. The molecule has 1 amide bonds. The summed E-state index contributed by atoms with van der Waals surface area (Å²) in [6.45, 7) is 0.499. The Hall–Kier alpha value is -2.60. The lowest BCUT2D eigenvalue weighted by molar-refractivity contribution is 0.0957. The van der Waals surface area contributed by atoms with Crippen molar-refractivity contribution in [1.29, 1.82) is 0 Å². The summed E-state index contributed by atoms with van der Waals surface area (Å²) in [6, 6.07) is 14.7. The van der Waals surface area contributed by atoms with Crippen LogP contribution in [-0.4, -0.2) is 20.9 Å². The maximum Gasteiger partial charge on any atom is 0.261 e. The maximum atomic E-state index is 12.6. The van der Waals surface area contributed by atoms with Gasteiger partial charge in [0.05, 0.1) is 16.1 Å². The highest BCUT2D eigenvalue weighted by Crippen LogP contribution is 2.21. The highest BCUT2D eigenvalue weighted by Gasteiger charge is 2.18. The van der Waals surface area contributed by atoms with Crippen LogP contribution in [0.4, 0.5) is 5.69 Å². The normalized spacial score (nSPS) is 14.4. The van der Waals surface area contributed by atoms with Gasteiger partial charge in [0.2, 0.25) is 0 Å². The standard InChI is InChI=1S/C20H22N2O3S/c23-20(21-15-16-9-3-1-4-10-16)18-13-7-8-14-19(18)22-26(24,25)17-11-5-2-6-12-17/h2,5-9,11-14,22H,1,3-4,10,15H2,(H,21,23). The van der Waals surface area contributed by atoms with Gasteiger partial charge in [-0.1, -0.05) is 42.0 Å². The van der Waals surface area contributed by atoms with E-state index in [1.165, 1.54) is 24.1 Å². The number of hydrogen-bond acceptors (Lipinski definition) is 3. The predicted molar refractivity (Wildman–Crippen MR) is 103 cm³/mol. The second kappa shape index (κ2) is 8.19. The monoisotopic (exact) mass is 370 g/mol. The van der Waals surface area contributed by atoms with Crippen LogP contribution in [0, 0.1) is 0 Å². The van der Waals surface area contributed by atoms with E-state index in [-0.39, 0.29) is 16.5 Å². The molecule has 0 saturated carbocycles. The zero-order valence-corrected chi connectivity index (χ0v) is 15.3. The molecule has 0 atom stereocenters. The topological polar surface area (TPSA) is 75.3 Å². The number of rotatable bonds is 6. The van der Waals surface area contributed by atoms with Crippen molar-refractivity contribution in [1.82, 2.24) is 5.32 Å². The lowest BCUT2D eigenvalue weighted by Gasteiger charge is -2.15. The number of anilines is 1. The highest BCUT2D eigenvalue weighted by molar-refractivity contribution is 7.92. The minimum atomic E-state index is -3.75. The molecule has 0 aliphatic heterocycles. The van der Waals surface area contributed by atoms with Gasteiger partial charge in [-0.3, -0.25) is 9.52 Å². The van der Waals surface area contributed by atoms with E-state index in [4.69, 9.17) is 0 Å². The number of carbonyl (C=O) groups excluding carboxylic acids is 1. The second-order valence-electron chi connectivity index (χ2n) is 6.25. The van der Waals surface area contributed by atoms with E-state index in [1.54, 1.807) is 42.5 Å². The molecule has 0 spiro atoms. The van der Waals surface area contributed by atoms with Crippen LogP contribution in [0.5, 0.6) is 0 Å². The van der Waals surface area contributed by atoms with Gasteiger partial charge in [0.1, 0.15) is 0 Å². The van der Waals surface area contributed by atoms with Crippen molar-refractivity contribution in [2.45, 2.75) is 30.6 Å². The molecular weight excluding hydrogens is 348 g/mol. The Balaban J connectivity index is 1.75. The Morgan fingerprint density at radius 3 is 2.42 bits per heavy atom. The van der Waals surface area contributed by atoms with Crippen molar-refractivity contribution in [3.8, 4) is 0 Å². The van der Waals surface area contributed by atoms with Gasteiger partial charge in [-0.25, -0.2) is 8.42 Å². The summed E-state index contributed by atoms with van der Waals surface area (Å²) in [5.41, 5.74) is 1.81. The van der Waals surface area contributed by atoms with Crippen molar-refractivity contribution in [3.63, 3.8) is 0 Å². The molecule has 0 heterocycles. The van der Waals surface area contributed by atoms with Crippen LogP contribution in [0.2, 0.25) is 0 Å². The molecule has 0 radical (unpaired) electrons. The van der Waals surface area contributed by atoms with Gasteiger partial charge < -0.3 is 5.32 Å². The molecule has 0 aromatic heterocycles. The van der Waals surface area contributed by atoms with Gasteiger partial charge in [-0.2, -0.15) is 0 Å². The largest absolute Gasteiger partial charge is 0.348 e. The number of amides is 1. The van der Waals surface area contributed by atoms with Gasteiger partial charge in [0, 0.05) is 6.54 Å². The summed E-state index contributed by atoms with van der Waals surface area (Å²) < 4.78 is 27.6. The summed E-state index contributed by atoms with van der Waals surface area (Å²) in [4.78, 5) is 12.7. The van der Waals surface area contributed by atoms with E-state index in [2.05, 4.69) is 16.1 Å². The number of sulfonamides is 1. The SMILES string of the molecule is O=C(NCC1=CCCCC1)c1ccccc1NS(=O)(=O)c1ccccc1. The predicted octanol–water partition coefficient (Wildman–Crippen LogP) is 3.72. The fourth-order valence-corrected chi connectivity index (χ4v) is 4.03. The minimum absolute atomic E-state index is 0.155. The van der Waals surface area contributed by atoms with Crippen molar-refractivity contribution in [3.05, 3.63) is 71.8 Å². The molecule has 0 bridgehead atoms. The number of para-hydroxylation sites is 1. The number of carbonyl (C=O) groups is 1. The second-order valence-corrected chi connectivity index (χ2v) is 7.94. The summed E-state index contributed by atoms with van der Waals surface area (Å²) in [7, 11) is -3.75. The Morgan fingerprint density at radius 2 is 1.69 bits per heavy atom. The van der Waals surface area contributed by atoms with Gasteiger partial charge in [0.25, 0.3) is 15.9 Å². The molecule has 0 unspecified atom stereocenters. The molecule has 0 fully saturated rings. The van der Waals surface area contributed by atoms with Crippen LogP contribution in [0.25, 0.3) is 0 Å². The summed E-state index contributed by atoms with van der Waals surface area (Å²) >= 11 is 0. The fourth-order valence-electron chi connectivity index (χ4n) is 2.93. The zero-order valence-electron chi connectivity index (χ0n) is 14.4. The Kier molecular flexibility index (Phi) is 5.73. The summed E-state index contributed by atoms with van der Waals surface area (Å²) in [5.74, 6) is -0.289. The van der Waals surface area contributed by atoms with Crippen molar-refractivity contribution >= 4 is 21.6 Å². The zero-order chi connectivity index (χ0) is 18.4. The third kappa shape index (κ3) is 4.52. The third-order valence-electron chi connectivity index (χ3n) is 4.33. The van der Waals surface area contributed by atoms with Gasteiger partial charge in [-0.05, 0) is 49.9 Å². The molecular formula is C20H22N2O3S. The molecule has 2 aromatic carbocycles. The quantitative estimate of drug-likeness (QED) is 0.761. The Bertz CT molecular complexity index is 906. The molecule has 3 rings (SSSR count). The number of benzene rings is 2. The Morgan fingerprint density at radius 1 is 0.962 bits per heavy atom. The lowest BCUT2D eigenvalue weighted by Crippen LogP contribution is -2.27. The van der Waals surface area contributed by atoms with E-state index in [0.29, 0.717) is 12.1 Å². The lowest BCUT2D eigenvalue weighted by atomic mass is 9.99. The third-order valence-corrected chi connectivity index (χ3v) is 5.71. The van der Waals surface area contributed by atoms with Gasteiger partial charge in [0.15, 0.2) is 0 Å². The molecule has 1 aliphatic carbocycles. The molecule has 136 valence electrons. The van der Waals surface area contributed by atoms with E-state index in [0.717, 1.165) is 19.3 Å². The Labute approximate surface area is 154 Å². The molecule has 0 saturated heterocycles. The summed E-state index contributed by atoms with van der Waals surface area (Å²) in [6.07, 6.45) is 6.58. The average Bonchev–Trinajstić information content (AvgIpc) is 2.68. The molecule has 5 nitrogen and oxygen atoms in total. The number of allylic oxidation sites excluding steroid dienone is 1. The van der Waals surface area contributed by atoms with E-state index < -0.39 is 10.0 Å². The van der Waals surface area contributed by atoms with Crippen LogP contribution in [0.1, 0.15) is 36.0 Å². The molecule has 26 heavy (non-hydrogen) atoms. The highest BCUT2D eigenvalue weighted by atomic mass is 32.2. The van der Waals surface area contributed by atoms with Crippen LogP contribution in [0.3, 0.4) is 0 Å². The van der Waals surface area contributed by atoms with Crippen LogP contribution in [0.15, 0.2) is 71.1 Å². The average molecular weight is 370 g/mol. The fraction of sp³-hybridized carbons (Fsp3) is 0.250. The van der Waals surface area contributed by atoms with Crippen molar-refractivity contribution in [2.24, 2.45) is 0 Å². The molecule has 2 aromatic rings.